The van der Waals surface area contributed by atoms with E-state index in [1.165, 1.54) is 38.4 Å². The van der Waals surface area contributed by atoms with Crippen molar-refractivity contribution in [2.75, 3.05) is 58.4 Å². The van der Waals surface area contributed by atoms with Gasteiger partial charge in [0.25, 0.3) is 5.91 Å². The van der Waals surface area contributed by atoms with Gasteiger partial charge in [0, 0.05) is 129 Å². The summed E-state index contributed by atoms with van der Waals surface area (Å²) < 4.78 is 0. The normalized spacial score (nSPS) is 23.0. The highest BCUT2D eigenvalue weighted by molar-refractivity contribution is 8.00. The van der Waals surface area contributed by atoms with Crippen LogP contribution in [-0.4, -0.2) is 283 Å². The summed E-state index contributed by atoms with van der Waals surface area (Å²) in [5.41, 5.74) is 20.4. The summed E-state index contributed by atoms with van der Waals surface area (Å²) in [5.74, 6) is -20.4. The second-order valence-corrected chi connectivity index (χ2v) is 37.1. The summed E-state index contributed by atoms with van der Waals surface area (Å²) in [5, 5.41) is 52.8. The van der Waals surface area contributed by atoms with Gasteiger partial charge in [0.2, 0.25) is 88.6 Å². The number of imidazole rings is 1. The van der Waals surface area contributed by atoms with E-state index in [2.05, 4.69) is 83.7 Å². The Morgan fingerprint density at radius 2 is 1.08 bits per heavy atom. The van der Waals surface area contributed by atoms with Gasteiger partial charge in [-0.25, -0.2) is 4.98 Å². The van der Waals surface area contributed by atoms with E-state index in [1.807, 2.05) is 13.8 Å². The monoisotopic (exact) mass is 1980 g/mol. The molecule has 9 rings (SSSR count). The molecule has 0 bridgehead atoms. The molecule has 0 radical (unpaired) electrons. The van der Waals surface area contributed by atoms with Crippen LogP contribution >= 0.6 is 11.8 Å². The minimum atomic E-state index is -1.77. The zero-order valence-corrected chi connectivity index (χ0v) is 81.3. The predicted molar refractivity (Wildman–Crippen MR) is 532 cm³/mol. The summed E-state index contributed by atoms with van der Waals surface area (Å²) >= 11 is 0.790. The highest BCUT2D eigenvalue weighted by Gasteiger charge is 2.44. The lowest BCUT2D eigenvalue weighted by Crippen LogP contribution is -2.60. The smallest absolute Gasteiger partial charge is 0.251 e. The van der Waals surface area contributed by atoms with Crippen LogP contribution in [0, 0.1) is 23.2 Å². The van der Waals surface area contributed by atoms with Crippen molar-refractivity contribution in [2.45, 2.75) is 237 Å². The van der Waals surface area contributed by atoms with E-state index in [-0.39, 0.29) is 116 Å². The number of hydrogen-bond acceptors (Lipinski definition) is 22. The van der Waals surface area contributed by atoms with Crippen LogP contribution in [0.3, 0.4) is 0 Å². The number of aliphatic hydroxyl groups excluding tert-OH is 1. The number of primary amides is 2. The van der Waals surface area contributed by atoms with Crippen molar-refractivity contribution < 1.29 is 91.4 Å². The van der Waals surface area contributed by atoms with Crippen molar-refractivity contribution in [3.05, 3.63) is 162 Å². The minimum Gasteiger partial charge on any atom is -0.394 e. The second kappa shape index (κ2) is 56.2. The van der Waals surface area contributed by atoms with E-state index in [4.69, 9.17) is 22.6 Å². The largest absolute Gasteiger partial charge is 0.394 e. The maximum atomic E-state index is 15.8. The van der Waals surface area contributed by atoms with Crippen LogP contribution < -0.4 is 81.0 Å². The molecule has 14 atom stereocenters. The summed E-state index contributed by atoms with van der Waals surface area (Å²) in [6, 6.07) is 12.4. The van der Waals surface area contributed by atoms with E-state index in [1.54, 1.807) is 135 Å². The molecule has 0 spiro atoms. The van der Waals surface area contributed by atoms with Crippen molar-refractivity contribution in [3.63, 3.8) is 0 Å². The van der Waals surface area contributed by atoms with E-state index < -0.39 is 240 Å². The molecule has 43 heteroatoms. The van der Waals surface area contributed by atoms with Crippen molar-refractivity contribution in [3.8, 4) is 0 Å². The van der Waals surface area contributed by atoms with Crippen LogP contribution in [-0.2, 0) is 107 Å². The number of aromatic nitrogens is 4. The first-order chi connectivity index (χ1) is 67.4. The molecule has 3 aromatic heterocycles. The van der Waals surface area contributed by atoms with Gasteiger partial charge < -0.3 is 116 Å². The molecule has 23 N–H and O–H groups in total. The number of nitrogens with one attached hydrogen (secondary N) is 16. The number of H-pyrrole nitrogens is 3. The lowest BCUT2D eigenvalue weighted by atomic mass is 9.88. The number of thioether (sulfide) groups is 1. The van der Waals surface area contributed by atoms with Crippen molar-refractivity contribution >= 4 is 146 Å². The number of rotatable bonds is 30. The quantitative estimate of drug-likeness (QED) is 0.0171. The van der Waals surface area contributed by atoms with Gasteiger partial charge >= 0.3 is 0 Å². The number of nitrogens with two attached hydrogens (primary N) is 3. The molecule has 0 saturated carbocycles. The number of unbranched alkanes of at least 4 members (excludes halogenated alkanes) is 2. The first-order valence-corrected chi connectivity index (χ1v) is 48.8. The molecule has 5 heterocycles. The van der Waals surface area contributed by atoms with Crippen LogP contribution in [0.4, 0.5) is 0 Å². The zero-order chi connectivity index (χ0) is 103. The van der Waals surface area contributed by atoms with E-state index >= 15 is 38.4 Å². The van der Waals surface area contributed by atoms with Gasteiger partial charge in [0.05, 0.1) is 37.7 Å². The van der Waals surface area contributed by atoms with Crippen LogP contribution in [0.2, 0.25) is 0 Å². The Hall–Kier alpha value is -14.4. The van der Waals surface area contributed by atoms with Gasteiger partial charge in [-0.15, -0.1) is 11.8 Å². The predicted octanol–water partition coefficient (Wildman–Crippen LogP) is 1.18. The Kier molecular flexibility index (Phi) is 44.6. The van der Waals surface area contributed by atoms with Crippen LogP contribution in [0.15, 0.2) is 134 Å². The van der Waals surface area contributed by atoms with Crippen molar-refractivity contribution in [2.24, 2.45) is 35.0 Å². The summed E-state index contributed by atoms with van der Waals surface area (Å²) in [4.78, 5) is 282. The van der Waals surface area contributed by atoms with Gasteiger partial charge in [0.15, 0.2) is 17.5 Å². The molecular formula is C99H137N23O19S. The fraction of sp³-hybridized carbons (Fsp3) is 0.495. The molecule has 42 nitrogen and oxygen atoms in total. The number of aliphatic hydroxyl groups is 1. The molecule has 0 aliphatic carbocycles. The Morgan fingerprint density at radius 1 is 0.528 bits per heavy atom. The molecular weight excluding hydrogens is 1850 g/mol. The third-order valence-corrected chi connectivity index (χ3v) is 25.9. The number of benzene rings is 4. The molecule has 7 aromatic rings. The maximum absolute atomic E-state index is 15.8. The third-order valence-electron chi connectivity index (χ3n) is 24.9. The second-order valence-electron chi connectivity index (χ2n) is 36.1. The van der Waals surface area contributed by atoms with E-state index in [9.17, 15) is 53.1 Å². The number of carbonyl (C=O) groups is 18. The molecule has 2 saturated heterocycles. The van der Waals surface area contributed by atoms with Crippen LogP contribution in [0.25, 0.3) is 21.8 Å². The number of likely N-dealkylation sites (N-methyl/N-ethyl adjacent to an activating group) is 2. The standard InChI is InChI=1S/C98H133N23O19S.CH4/c1-8-10-30-70-89(132)112-71(33-22-37-105-98(101)102)90(133)118-77(88(131)108-51-83(100)126)53-141-54-84(127)110-74(41-58-24-14-12-15-25-58)96(139)119(6)57(5)85(128)116-75(47-82(99)125)97(140)121-39-23-35-79(121)94(137)115-73(46-64-50-103-55-109-64)92(135)114-72(40-56(3)4)91(134)111-69(36-38-104-86(129)59-26-16-13-17-27-59)80(123)44-60(42-62-48-106-67-31-20-18-28-65(62)67)87(130)117-76(52-122)81(124)45-61(43-63-49-107-68-32-21-19-29-66(63)68)95(138)120(7)78(34-11-9-2)93(136)113-70;/h12-21,24-29,31-32,48-50,55-57,60-61,69-79,106-107,122H,8-11,22-23,30,33-47,51-54H2,1-7H3,(H2,99,125)(H2,100,126)(H,103,109)(H,104,129)(H,108,131)(H,110,127)(H,111,134)(H,112,132)(H,113,136)(H,114,135)(H,115,137)(H,116,128)(H,117,130)(H,118,133)(H4,101,102,105);1H4/t57-,60+,61+,69-,70-,71-,72-,73-,74-,75-,76-,77-,78-,79-;/m0./s1. The number of amides is 16. The fourth-order valence-electron chi connectivity index (χ4n) is 17.1. The summed E-state index contributed by atoms with van der Waals surface area (Å²) in [7, 11) is 2.62. The van der Waals surface area contributed by atoms with Crippen LogP contribution in [0.5, 0.6) is 0 Å². The highest BCUT2D eigenvalue weighted by atomic mass is 32.2. The molecule has 2 fully saturated rings. The van der Waals surface area contributed by atoms with Crippen LogP contribution in [0.1, 0.15) is 171 Å². The number of fused-ring (bicyclic) bond motifs is 3. The van der Waals surface area contributed by atoms with Gasteiger partial charge in [-0.05, 0) is 118 Å². The first-order valence-electron chi connectivity index (χ1n) is 47.6. The number of ketones is 2. The number of aromatic amines is 3. The number of guanidine groups is 1. The van der Waals surface area contributed by atoms with Gasteiger partial charge in [0.1, 0.15) is 66.5 Å². The topological polar surface area (TPSA) is 644 Å². The number of para-hydroxylation sites is 2. The Morgan fingerprint density at radius 3 is 1.69 bits per heavy atom. The Labute approximate surface area is 828 Å². The summed E-state index contributed by atoms with van der Waals surface area (Å²) in [6.45, 7) is 6.36. The average molecular weight is 1990 g/mol. The van der Waals surface area contributed by atoms with Gasteiger partial charge in [-0.1, -0.05) is 146 Å². The molecule has 0 unspecified atom stereocenters. The molecule has 768 valence electrons. The minimum absolute atomic E-state index is 0. The molecule has 142 heavy (non-hydrogen) atoms. The summed E-state index contributed by atoms with van der Waals surface area (Å²) in [6.07, 6.45) is 4.22. The SMILES string of the molecule is C.CCCC[C@@H]1NC(=O)[C@H](CCCC)N(C)C(=O)[C@H](Cc2c[nH]c3ccccc23)CC(=O)[C@H](CO)NC(=O)[C@H](Cc2c[nH]c3ccccc23)CC(=O)[C@H](CCNC(=O)c2ccccc2)NC(=O)[C@H](CC(C)C)NC(=O)[C@H](Cc2cnc[nH]2)NC(=O)[C@@H]2CCCN2C(=O)[C@H](CC(N)=O)NC(=O)[C@H](C)N(C)C(=O)[C@H](Cc2ccccc2)NC(=O)CSC[C@@H](C(=O)NCC(N)=O)NC(=O)[C@H](CCCNC(=N)N)NC1=O. The maximum Gasteiger partial charge on any atom is 0.251 e. The Bertz CT molecular complexity index is 5530. The number of carbonyl (C=O) groups excluding carboxylic acids is 18. The van der Waals surface area contributed by atoms with Gasteiger partial charge in [-0.3, -0.25) is 91.7 Å². The lowest BCUT2D eigenvalue weighted by Gasteiger charge is -2.32. The van der Waals surface area contributed by atoms with Gasteiger partial charge in [-0.2, -0.15) is 0 Å². The lowest BCUT2D eigenvalue weighted by molar-refractivity contribution is -0.145. The molecule has 2 aliphatic rings. The first kappa shape index (κ1) is 113. The molecule has 4 aromatic carbocycles. The number of nitrogens with zero attached hydrogens (tertiary/aromatic N) is 4. The number of Topliss-reactive ketones (excluding diaryl/α,β-unsaturated/α-hetero) is 2. The fourth-order valence-corrected chi connectivity index (χ4v) is 17.9. The molecule has 16 amide bonds. The number of hydrogen-bond donors (Lipinski definition) is 20. The molecule has 2 aliphatic heterocycles. The Balaban J connectivity index is 0.0000247. The highest BCUT2D eigenvalue weighted by Crippen LogP contribution is 2.29. The van der Waals surface area contributed by atoms with E-state index in [0.717, 1.165) is 21.6 Å². The average Bonchev–Trinajstić information content (AvgIpc) is 1.62. The van der Waals surface area contributed by atoms with Crippen molar-refractivity contribution in [1.82, 2.24) is 98.4 Å². The zero-order valence-electron chi connectivity index (χ0n) is 80.5. The third kappa shape index (κ3) is 33.7. The van der Waals surface area contributed by atoms with E-state index in [0.29, 0.717) is 69.9 Å². The van der Waals surface area contributed by atoms with Crippen molar-refractivity contribution in [1.29, 1.82) is 5.41 Å².